The molecule has 82 valence electrons. The fourth-order valence-corrected chi connectivity index (χ4v) is 2.20. The normalized spacial score (nSPS) is 19.6. The van der Waals surface area contributed by atoms with Gasteiger partial charge in [0.25, 0.3) is 0 Å². The topological polar surface area (TPSA) is 38.3 Å². The van der Waals surface area contributed by atoms with Crippen molar-refractivity contribution >= 4 is 17.5 Å². The van der Waals surface area contributed by atoms with Crippen molar-refractivity contribution < 1.29 is 9.53 Å². The summed E-state index contributed by atoms with van der Waals surface area (Å²) in [6.45, 7) is 2.59. The van der Waals surface area contributed by atoms with Gasteiger partial charge in [-0.1, -0.05) is 12.8 Å². The van der Waals surface area contributed by atoms with Gasteiger partial charge in [0.05, 0.1) is 5.54 Å². The van der Waals surface area contributed by atoms with Crippen molar-refractivity contribution in [1.82, 2.24) is 5.32 Å². The molecule has 1 N–H and O–H groups in total. The third kappa shape index (κ3) is 3.14. The first-order valence-corrected chi connectivity index (χ1v) is 5.70. The van der Waals surface area contributed by atoms with Crippen molar-refractivity contribution in [3.05, 3.63) is 0 Å². The molecule has 4 heteroatoms. The Morgan fingerprint density at radius 2 is 2.14 bits per heavy atom. The van der Waals surface area contributed by atoms with Gasteiger partial charge in [0.15, 0.2) is 0 Å². The molecule has 0 aromatic rings. The lowest BCUT2D eigenvalue weighted by atomic mass is 10.0. The Labute approximate surface area is 90.1 Å². The minimum absolute atomic E-state index is 0.0469. The van der Waals surface area contributed by atoms with E-state index in [2.05, 4.69) is 5.32 Å². The quantitative estimate of drug-likeness (QED) is 0.715. The number of carbonyl (C=O) groups excluding carboxylic acids is 1. The van der Waals surface area contributed by atoms with Crippen molar-refractivity contribution in [3.8, 4) is 0 Å². The van der Waals surface area contributed by atoms with E-state index in [0.717, 1.165) is 25.7 Å². The van der Waals surface area contributed by atoms with E-state index in [-0.39, 0.29) is 18.1 Å². The summed E-state index contributed by atoms with van der Waals surface area (Å²) >= 11 is 5.89. The molecule has 0 heterocycles. The number of alkyl halides is 1. The fraction of sp³-hybridized carbons (Fsp3) is 0.900. The first-order valence-electron chi connectivity index (χ1n) is 5.17. The van der Waals surface area contributed by atoms with E-state index in [1.165, 1.54) is 0 Å². The molecule has 0 aromatic carbocycles. The minimum Gasteiger partial charge on any atom is -0.372 e. The van der Waals surface area contributed by atoms with E-state index in [1.807, 2.05) is 6.92 Å². The molecule has 1 aliphatic rings. The summed E-state index contributed by atoms with van der Waals surface area (Å²) in [5, 5.41) is 2.98. The number of carbonyl (C=O) groups is 1. The number of nitrogens with one attached hydrogen (secondary N) is 1. The fourth-order valence-electron chi connectivity index (χ4n) is 1.87. The maximum absolute atomic E-state index is 11.4. The Hall–Kier alpha value is -0.280. The summed E-state index contributed by atoms with van der Waals surface area (Å²) in [5.74, 6) is 0.458. The highest BCUT2D eigenvalue weighted by molar-refractivity contribution is 6.18. The number of rotatable bonds is 5. The van der Waals surface area contributed by atoms with Crippen LogP contribution in [-0.2, 0) is 9.53 Å². The Balaban J connectivity index is 2.36. The summed E-state index contributed by atoms with van der Waals surface area (Å²) in [5.41, 5.74) is -0.157. The van der Waals surface area contributed by atoms with Crippen LogP contribution < -0.4 is 5.32 Å². The van der Waals surface area contributed by atoms with Crippen molar-refractivity contribution in [2.24, 2.45) is 0 Å². The summed E-state index contributed by atoms with van der Waals surface area (Å²) in [4.78, 5) is 11.4. The van der Waals surface area contributed by atoms with Crippen molar-refractivity contribution in [2.45, 2.75) is 38.1 Å². The molecule has 1 amide bonds. The van der Waals surface area contributed by atoms with Gasteiger partial charge >= 0.3 is 0 Å². The molecule has 0 saturated heterocycles. The Bertz CT molecular complexity index is 191. The van der Waals surface area contributed by atoms with Crippen LogP contribution in [0, 0.1) is 0 Å². The number of ether oxygens (including phenoxy) is 1. The number of hydrogen-bond acceptors (Lipinski definition) is 2. The van der Waals surface area contributed by atoms with Gasteiger partial charge < -0.3 is 10.1 Å². The third-order valence-electron chi connectivity index (χ3n) is 2.66. The molecule has 0 unspecified atom stereocenters. The number of halogens is 1. The largest absolute Gasteiger partial charge is 0.372 e. The molecule has 1 aliphatic carbocycles. The lowest BCUT2D eigenvalue weighted by Gasteiger charge is -2.27. The van der Waals surface area contributed by atoms with Crippen LogP contribution in [0.2, 0.25) is 0 Å². The zero-order chi connectivity index (χ0) is 10.4. The van der Waals surface area contributed by atoms with E-state index >= 15 is 0 Å². The van der Waals surface area contributed by atoms with Gasteiger partial charge in [-0.2, -0.15) is 0 Å². The zero-order valence-electron chi connectivity index (χ0n) is 8.64. The lowest BCUT2D eigenvalue weighted by molar-refractivity contribution is -0.127. The number of hydrogen-bond donors (Lipinski definition) is 1. The van der Waals surface area contributed by atoms with Crippen molar-refractivity contribution in [3.63, 3.8) is 0 Å². The molecule has 1 fully saturated rings. The van der Waals surface area contributed by atoms with Crippen LogP contribution in [0.4, 0.5) is 0 Å². The van der Waals surface area contributed by atoms with Gasteiger partial charge in [0.1, 0.15) is 6.61 Å². The van der Waals surface area contributed by atoms with E-state index < -0.39 is 0 Å². The van der Waals surface area contributed by atoms with Crippen LogP contribution >= 0.6 is 11.6 Å². The SMILES string of the molecule is CCOCC(=O)NC1(CCl)CCCC1. The van der Waals surface area contributed by atoms with E-state index in [0.29, 0.717) is 12.5 Å². The van der Waals surface area contributed by atoms with Gasteiger partial charge in [-0.25, -0.2) is 0 Å². The average Bonchev–Trinajstić information content (AvgIpc) is 2.64. The Morgan fingerprint density at radius 3 is 2.64 bits per heavy atom. The first kappa shape index (κ1) is 11.8. The van der Waals surface area contributed by atoms with Crippen LogP contribution in [0.5, 0.6) is 0 Å². The van der Waals surface area contributed by atoms with E-state index in [4.69, 9.17) is 16.3 Å². The summed E-state index contributed by atoms with van der Waals surface area (Å²) in [6, 6.07) is 0. The van der Waals surface area contributed by atoms with Crippen LogP contribution in [0.15, 0.2) is 0 Å². The predicted molar refractivity (Wildman–Crippen MR) is 56.6 cm³/mol. The monoisotopic (exact) mass is 219 g/mol. The van der Waals surface area contributed by atoms with E-state index in [1.54, 1.807) is 0 Å². The molecule has 0 aliphatic heterocycles. The average molecular weight is 220 g/mol. The molecule has 0 aromatic heterocycles. The van der Waals surface area contributed by atoms with Gasteiger partial charge in [0, 0.05) is 12.5 Å². The molecule has 0 bridgehead atoms. The van der Waals surface area contributed by atoms with Gasteiger partial charge in [-0.3, -0.25) is 4.79 Å². The highest BCUT2D eigenvalue weighted by Crippen LogP contribution is 2.30. The maximum atomic E-state index is 11.4. The van der Waals surface area contributed by atoms with Gasteiger partial charge in [-0.05, 0) is 19.8 Å². The first-order chi connectivity index (χ1) is 6.72. The highest BCUT2D eigenvalue weighted by atomic mass is 35.5. The maximum Gasteiger partial charge on any atom is 0.246 e. The standard InChI is InChI=1S/C10H18ClNO2/c1-2-14-7-9(13)12-10(8-11)5-3-4-6-10/h2-8H2,1H3,(H,12,13). The molecular weight excluding hydrogens is 202 g/mol. The molecule has 14 heavy (non-hydrogen) atoms. The minimum atomic E-state index is -0.157. The van der Waals surface area contributed by atoms with Crippen molar-refractivity contribution in [1.29, 1.82) is 0 Å². The van der Waals surface area contributed by atoms with E-state index in [9.17, 15) is 4.79 Å². The van der Waals surface area contributed by atoms with Crippen LogP contribution in [-0.4, -0.2) is 30.5 Å². The summed E-state index contributed by atoms with van der Waals surface area (Å²) < 4.78 is 5.04. The molecule has 0 atom stereocenters. The second kappa shape index (κ2) is 5.56. The lowest BCUT2D eigenvalue weighted by Crippen LogP contribution is -2.49. The second-order valence-corrected chi connectivity index (χ2v) is 4.07. The summed E-state index contributed by atoms with van der Waals surface area (Å²) in [6.07, 6.45) is 4.30. The molecule has 0 spiro atoms. The smallest absolute Gasteiger partial charge is 0.246 e. The molecule has 1 rings (SSSR count). The van der Waals surface area contributed by atoms with Gasteiger partial charge in [0.2, 0.25) is 5.91 Å². The summed E-state index contributed by atoms with van der Waals surface area (Å²) in [7, 11) is 0. The third-order valence-corrected chi connectivity index (χ3v) is 3.17. The van der Waals surface area contributed by atoms with Gasteiger partial charge in [-0.15, -0.1) is 11.6 Å². The van der Waals surface area contributed by atoms with Crippen LogP contribution in [0.3, 0.4) is 0 Å². The second-order valence-electron chi connectivity index (χ2n) is 3.81. The van der Waals surface area contributed by atoms with Crippen LogP contribution in [0.1, 0.15) is 32.6 Å². The molecule has 1 saturated carbocycles. The molecule has 3 nitrogen and oxygen atoms in total. The predicted octanol–water partition coefficient (Wildman–Crippen LogP) is 1.69. The zero-order valence-corrected chi connectivity index (χ0v) is 9.40. The Kier molecular flexibility index (Phi) is 4.69. The Morgan fingerprint density at radius 1 is 1.50 bits per heavy atom. The highest BCUT2D eigenvalue weighted by Gasteiger charge is 2.34. The van der Waals surface area contributed by atoms with Crippen LogP contribution in [0.25, 0.3) is 0 Å². The van der Waals surface area contributed by atoms with Crippen molar-refractivity contribution in [2.75, 3.05) is 19.1 Å². The molecular formula is C10H18ClNO2. The molecule has 0 radical (unpaired) electrons. The number of amides is 1.